The third kappa shape index (κ3) is 1.41. The van der Waals surface area contributed by atoms with E-state index < -0.39 is 6.23 Å². The van der Waals surface area contributed by atoms with Crippen LogP contribution < -0.4 is 0 Å². The lowest BCUT2D eigenvalue weighted by Gasteiger charge is -2.28. The molecule has 0 aromatic heterocycles. The van der Waals surface area contributed by atoms with Crippen molar-refractivity contribution in [3.63, 3.8) is 0 Å². The summed E-state index contributed by atoms with van der Waals surface area (Å²) in [6.07, 6.45) is -0.629. The zero-order valence-corrected chi connectivity index (χ0v) is 7.76. The predicted octanol–water partition coefficient (Wildman–Crippen LogP) is 1.18. The highest BCUT2D eigenvalue weighted by Gasteiger charge is 2.21. The van der Waals surface area contributed by atoms with Crippen LogP contribution in [0.2, 0.25) is 0 Å². The Morgan fingerprint density at radius 3 is 2.55 bits per heavy atom. The van der Waals surface area contributed by atoms with Crippen molar-refractivity contribution in [3.8, 4) is 0 Å². The van der Waals surface area contributed by atoms with Gasteiger partial charge in [-0.25, -0.2) is 4.99 Å². The number of aliphatic hydroxyl groups excluding tert-OH is 1. The van der Waals surface area contributed by atoms with Crippen molar-refractivity contribution >= 4 is 18.7 Å². The second kappa shape index (κ2) is 2.87. The minimum Gasteiger partial charge on any atom is -0.369 e. The van der Waals surface area contributed by atoms with E-state index in [9.17, 15) is 5.11 Å². The van der Waals surface area contributed by atoms with Gasteiger partial charge in [-0.15, -0.1) is 0 Å². The maximum absolute atomic E-state index is 9.50. The number of thiol groups is 1. The zero-order chi connectivity index (χ0) is 8.59. The topological polar surface area (TPSA) is 35.8 Å². The quantitative estimate of drug-likeness (QED) is 0.538. The Bertz CT molecular complexity index is 235. The molecular formula is C7H12N2OS. The van der Waals surface area contributed by atoms with Crippen LogP contribution in [0.25, 0.3) is 0 Å². The Balaban J connectivity index is 3.01. The van der Waals surface area contributed by atoms with Gasteiger partial charge in [-0.2, -0.15) is 0 Å². The van der Waals surface area contributed by atoms with Crippen molar-refractivity contribution in [2.24, 2.45) is 4.99 Å². The van der Waals surface area contributed by atoms with Crippen LogP contribution in [0, 0.1) is 0 Å². The monoisotopic (exact) mass is 172 g/mol. The van der Waals surface area contributed by atoms with Gasteiger partial charge in [0.1, 0.15) is 5.84 Å². The van der Waals surface area contributed by atoms with Crippen LogP contribution in [0.4, 0.5) is 0 Å². The fraction of sp³-hybridized carbons (Fsp3) is 0.571. The summed E-state index contributed by atoms with van der Waals surface area (Å²) in [5.41, 5.74) is 1.73. The smallest absolute Gasteiger partial charge is 0.161 e. The Hall–Kier alpha value is -0.480. The molecule has 0 amide bonds. The Kier molecular flexibility index (Phi) is 2.25. The van der Waals surface area contributed by atoms with Crippen molar-refractivity contribution in [1.29, 1.82) is 0 Å². The second-order valence-corrected chi connectivity index (χ2v) is 3.08. The summed E-state index contributed by atoms with van der Waals surface area (Å²) in [4.78, 5) is 4.18. The van der Waals surface area contributed by atoms with E-state index in [0.717, 1.165) is 17.1 Å². The zero-order valence-electron chi connectivity index (χ0n) is 6.87. The lowest BCUT2D eigenvalue weighted by molar-refractivity contribution is 0.141. The van der Waals surface area contributed by atoms with Crippen LogP contribution in [0.5, 0.6) is 0 Å². The van der Waals surface area contributed by atoms with E-state index in [1.54, 1.807) is 0 Å². The van der Waals surface area contributed by atoms with Crippen LogP contribution in [0.1, 0.15) is 20.8 Å². The molecule has 1 unspecified atom stereocenters. The Labute approximate surface area is 72.0 Å². The van der Waals surface area contributed by atoms with Crippen LogP contribution in [-0.4, -0.2) is 21.5 Å². The van der Waals surface area contributed by atoms with Crippen LogP contribution in [-0.2, 0) is 0 Å². The first kappa shape index (κ1) is 8.62. The number of aliphatic imine (C=N–C) groups is 1. The van der Waals surface area contributed by atoms with Crippen molar-refractivity contribution in [3.05, 3.63) is 11.3 Å². The lowest BCUT2D eigenvalue weighted by Crippen LogP contribution is -2.35. The second-order valence-electron chi connectivity index (χ2n) is 2.65. The minimum atomic E-state index is -0.629. The van der Waals surface area contributed by atoms with E-state index >= 15 is 0 Å². The highest BCUT2D eigenvalue weighted by molar-refractivity contribution is 7.78. The molecule has 0 bridgehead atoms. The number of hydrogen-bond donors (Lipinski definition) is 2. The van der Waals surface area contributed by atoms with Gasteiger partial charge in [0.15, 0.2) is 6.23 Å². The third-order valence-electron chi connectivity index (χ3n) is 1.85. The highest BCUT2D eigenvalue weighted by atomic mass is 32.1. The molecule has 1 N–H and O–H groups in total. The molecule has 4 heteroatoms. The van der Waals surface area contributed by atoms with Gasteiger partial charge < -0.3 is 5.11 Å². The van der Waals surface area contributed by atoms with Crippen LogP contribution in [0.3, 0.4) is 0 Å². The minimum absolute atomic E-state index is 0.629. The van der Waals surface area contributed by atoms with Gasteiger partial charge in [-0.1, -0.05) is 12.8 Å². The van der Waals surface area contributed by atoms with Crippen molar-refractivity contribution in [1.82, 2.24) is 4.31 Å². The average Bonchev–Trinajstić information content (AvgIpc) is 1.97. The number of hydrogen-bond acceptors (Lipinski definition) is 4. The Morgan fingerprint density at radius 1 is 1.45 bits per heavy atom. The normalized spacial score (nSPS) is 25.7. The van der Waals surface area contributed by atoms with E-state index in [-0.39, 0.29) is 0 Å². The molecule has 0 aromatic carbocycles. The molecule has 0 fully saturated rings. The summed E-state index contributed by atoms with van der Waals surface area (Å²) in [7, 11) is 0. The van der Waals surface area contributed by atoms with Crippen LogP contribution in [0.15, 0.2) is 16.3 Å². The van der Waals surface area contributed by atoms with Crippen molar-refractivity contribution in [2.75, 3.05) is 0 Å². The molecule has 11 heavy (non-hydrogen) atoms. The molecule has 0 radical (unpaired) electrons. The standard InChI is InChI=1S/C7H12N2OS/c1-4-5(2)8-6(3)9(11)7(4)10/h7,10-11H,1-3H3. The molecular weight excluding hydrogens is 160 g/mol. The molecule has 0 spiro atoms. The molecule has 0 saturated heterocycles. The maximum Gasteiger partial charge on any atom is 0.161 e. The number of rotatable bonds is 0. The summed E-state index contributed by atoms with van der Waals surface area (Å²) in [5, 5.41) is 9.50. The first-order valence-corrected chi connectivity index (χ1v) is 3.83. The number of allylic oxidation sites excluding steroid dienone is 1. The van der Waals surface area contributed by atoms with E-state index in [1.165, 1.54) is 4.31 Å². The van der Waals surface area contributed by atoms with Crippen molar-refractivity contribution < 1.29 is 5.11 Å². The van der Waals surface area contributed by atoms with E-state index in [1.807, 2.05) is 20.8 Å². The Morgan fingerprint density at radius 2 is 2.00 bits per heavy atom. The van der Waals surface area contributed by atoms with Gasteiger partial charge in [0.05, 0.1) is 0 Å². The summed E-state index contributed by atoms with van der Waals surface area (Å²) < 4.78 is 1.45. The summed E-state index contributed by atoms with van der Waals surface area (Å²) in [6.45, 7) is 5.54. The molecule has 3 nitrogen and oxygen atoms in total. The SMILES string of the molecule is CC1=NC(C)=C(C)C(O)N1S. The van der Waals surface area contributed by atoms with Gasteiger partial charge in [0.25, 0.3) is 0 Å². The molecule has 1 heterocycles. The molecule has 1 aliphatic heterocycles. The average molecular weight is 172 g/mol. The summed E-state index contributed by atoms with van der Waals surface area (Å²) in [5.74, 6) is 0.726. The fourth-order valence-electron chi connectivity index (χ4n) is 0.929. The molecule has 0 aliphatic carbocycles. The van der Waals surface area contributed by atoms with Gasteiger partial charge in [-0.3, -0.25) is 4.31 Å². The molecule has 62 valence electrons. The number of amidine groups is 1. The molecule has 1 atom stereocenters. The highest BCUT2D eigenvalue weighted by Crippen LogP contribution is 2.20. The summed E-state index contributed by atoms with van der Waals surface area (Å²) in [6, 6.07) is 0. The first-order chi connectivity index (χ1) is 5.04. The summed E-state index contributed by atoms with van der Waals surface area (Å²) >= 11 is 4.07. The predicted molar refractivity (Wildman–Crippen MR) is 48.3 cm³/mol. The fourth-order valence-corrected chi connectivity index (χ4v) is 1.15. The molecule has 1 rings (SSSR count). The molecule has 0 saturated carbocycles. The van der Waals surface area contributed by atoms with E-state index in [2.05, 4.69) is 17.8 Å². The number of nitrogens with zero attached hydrogens (tertiary/aromatic N) is 2. The lowest BCUT2D eigenvalue weighted by atomic mass is 10.2. The van der Waals surface area contributed by atoms with Crippen LogP contribution >= 0.6 is 12.8 Å². The number of aliphatic hydroxyl groups is 1. The van der Waals surface area contributed by atoms with E-state index in [0.29, 0.717) is 0 Å². The molecule has 0 aromatic rings. The van der Waals surface area contributed by atoms with Gasteiger partial charge in [0.2, 0.25) is 0 Å². The largest absolute Gasteiger partial charge is 0.369 e. The van der Waals surface area contributed by atoms with E-state index in [4.69, 9.17) is 0 Å². The van der Waals surface area contributed by atoms with Gasteiger partial charge in [-0.05, 0) is 26.3 Å². The van der Waals surface area contributed by atoms with Gasteiger partial charge in [0, 0.05) is 5.70 Å². The van der Waals surface area contributed by atoms with Gasteiger partial charge >= 0.3 is 0 Å². The van der Waals surface area contributed by atoms with Crippen molar-refractivity contribution in [2.45, 2.75) is 27.0 Å². The first-order valence-electron chi connectivity index (χ1n) is 3.43. The third-order valence-corrected chi connectivity index (χ3v) is 2.36. The maximum atomic E-state index is 9.50. The molecule has 1 aliphatic rings.